The predicted molar refractivity (Wildman–Crippen MR) is 75.6 cm³/mol. The molecular formula is C16H29NO. The minimum atomic E-state index is -0.0818. The topological polar surface area (TPSA) is 20.3 Å². The number of fused-ring (bicyclic) bond motifs is 1. The van der Waals surface area contributed by atoms with E-state index in [2.05, 4.69) is 18.7 Å². The molecule has 0 spiro atoms. The Balaban J connectivity index is 1.92. The van der Waals surface area contributed by atoms with Gasteiger partial charge >= 0.3 is 0 Å². The van der Waals surface area contributed by atoms with Crippen molar-refractivity contribution in [2.24, 2.45) is 17.3 Å². The van der Waals surface area contributed by atoms with Crippen molar-refractivity contribution in [3.05, 3.63) is 0 Å². The van der Waals surface area contributed by atoms with Crippen molar-refractivity contribution in [3.8, 4) is 0 Å². The van der Waals surface area contributed by atoms with Gasteiger partial charge < -0.3 is 9.69 Å². The molecule has 0 bridgehead atoms. The molecule has 2 nitrogen and oxygen atoms in total. The highest BCUT2D eigenvalue weighted by Gasteiger charge is 2.35. The zero-order valence-corrected chi connectivity index (χ0v) is 12.2. The predicted octanol–water partition coefficient (Wildman–Crippen LogP) is 3.50. The van der Waals surface area contributed by atoms with Crippen LogP contribution in [-0.2, 0) is 4.79 Å². The lowest BCUT2D eigenvalue weighted by Crippen LogP contribution is -2.47. The fourth-order valence-corrected chi connectivity index (χ4v) is 3.94. The fourth-order valence-electron chi connectivity index (χ4n) is 3.94. The lowest BCUT2D eigenvalue weighted by Gasteiger charge is -2.43. The lowest BCUT2D eigenvalue weighted by atomic mass is 9.74. The Morgan fingerprint density at radius 1 is 1.11 bits per heavy atom. The van der Waals surface area contributed by atoms with Crippen LogP contribution < -0.4 is 0 Å². The summed E-state index contributed by atoms with van der Waals surface area (Å²) in [4.78, 5) is 14.0. The standard InChI is InChI=1S/C16H29NO/c1-3-16(4-2,13-18)12-17-10-9-14-7-5-6-8-15(14)11-17/h13-15H,3-12H2,1-2H3. The molecule has 0 aromatic heterocycles. The molecule has 0 aromatic rings. The Labute approximate surface area is 112 Å². The van der Waals surface area contributed by atoms with Crippen LogP contribution in [0.4, 0.5) is 0 Å². The number of nitrogens with zero attached hydrogens (tertiary/aromatic N) is 1. The Morgan fingerprint density at radius 2 is 1.78 bits per heavy atom. The van der Waals surface area contributed by atoms with Crippen molar-refractivity contribution >= 4 is 6.29 Å². The van der Waals surface area contributed by atoms with Crippen LogP contribution >= 0.6 is 0 Å². The summed E-state index contributed by atoms with van der Waals surface area (Å²) in [6, 6.07) is 0. The van der Waals surface area contributed by atoms with Crippen molar-refractivity contribution in [2.45, 2.75) is 58.8 Å². The van der Waals surface area contributed by atoms with E-state index in [0.717, 1.165) is 31.2 Å². The third-order valence-corrected chi connectivity index (χ3v) is 5.57. The molecule has 2 rings (SSSR count). The maximum Gasteiger partial charge on any atom is 0.127 e. The smallest absolute Gasteiger partial charge is 0.127 e. The Bertz CT molecular complexity index is 272. The first-order valence-corrected chi connectivity index (χ1v) is 7.91. The van der Waals surface area contributed by atoms with Crippen LogP contribution in [0.1, 0.15) is 58.8 Å². The van der Waals surface area contributed by atoms with E-state index in [1.165, 1.54) is 51.5 Å². The van der Waals surface area contributed by atoms with Crippen LogP contribution in [-0.4, -0.2) is 30.8 Å². The average molecular weight is 251 g/mol. The molecule has 1 heterocycles. The highest BCUT2D eigenvalue weighted by atomic mass is 16.1. The highest BCUT2D eigenvalue weighted by Crippen LogP contribution is 2.37. The summed E-state index contributed by atoms with van der Waals surface area (Å²) >= 11 is 0. The van der Waals surface area contributed by atoms with Crippen LogP contribution in [0.15, 0.2) is 0 Å². The van der Waals surface area contributed by atoms with E-state index in [4.69, 9.17) is 0 Å². The molecule has 2 aliphatic rings. The maximum absolute atomic E-state index is 11.4. The summed E-state index contributed by atoms with van der Waals surface area (Å²) in [5.74, 6) is 1.91. The minimum Gasteiger partial charge on any atom is -0.303 e. The van der Waals surface area contributed by atoms with Crippen LogP contribution in [0.5, 0.6) is 0 Å². The van der Waals surface area contributed by atoms with Crippen molar-refractivity contribution in [2.75, 3.05) is 19.6 Å². The quantitative estimate of drug-likeness (QED) is 0.697. The molecule has 1 saturated carbocycles. The zero-order valence-electron chi connectivity index (χ0n) is 12.2. The molecule has 18 heavy (non-hydrogen) atoms. The molecule has 1 aliphatic heterocycles. The van der Waals surface area contributed by atoms with Gasteiger partial charge in [-0.05, 0) is 44.1 Å². The van der Waals surface area contributed by atoms with E-state index < -0.39 is 0 Å². The molecule has 2 heteroatoms. The number of hydrogen-bond acceptors (Lipinski definition) is 2. The minimum absolute atomic E-state index is 0.0818. The first kappa shape index (κ1) is 14.0. The van der Waals surface area contributed by atoms with Gasteiger partial charge in [0.05, 0.1) is 0 Å². The second kappa shape index (κ2) is 6.18. The van der Waals surface area contributed by atoms with Crippen molar-refractivity contribution in [1.29, 1.82) is 0 Å². The number of aldehydes is 1. The van der Waals surface area contributed by atoms with E-state index in [1.54, 1.807) is 0 Å². The van der Waals surface area contributed by atoms with Gasteiger partial charge in [-0.3, -0.25) is 0 Å². The summed E-state index contributed by atoms with van der Waals surface area (Å²) in [5, 5.41) is 0. The highest BCUT2D eigenvalue weighted by molar-refractivity contribution is 5.59. The van der Waals surface area contributed by atoms with Gasteiger partial charge in [0.25, 0.3) is 0 Å². The summed E-state index contributed by atoms with van der Waals surface area (Å²) in [6.07, 6.45) is 10.3. The van der Waals surface area contributed by atoms with Gasteiger partial charge in [0.15, 0.2) is 0 Å². The monoisotopic (exact) mass is 251 g/mol. The van der Waals surface area contributed by atoms with Crippen LogP contribution in [0.3, 0.4) is 0 Å². The van der Waals surface area contributed by atoms with Gasteiger partial charge in [-0.15, -0.1) is 0 Å². The van der Waals surface area contributed by atoms with Crippen molar-refractivity contribution < 1.29 is 4.79 Å². The first-order chi connectivity index (χ1) is 8.73. The Kier molecular flexibility index (Phi) is 4.83. The zero-order chi connectivity index (χ0) is 13.0. The molecule has 0 N–H and O–H groups in total. The Hall–Kier alpha value is -0.370. The van der Waals surface area contributed by atoms with Crippen molar-refractivity contribution in [3.63, 3.8) is 0 Å². The summed E-state index contributed by atoms with van der Waals surface area (Å²) in [6.45, 7) is 7.78. The van der Waals surface area contributed by atoms with E-state index in [1.807, 2.05) is 0 Å². The summed E-state index contributed by atoms with van der Waals surface area (Å²) in [7, 11) is 0. The van der Waals surface area contributed by atoms with Gasteiger partial charge in [0.2, 0.25) is 0 Å². The average Bonchev–Trinajstić information content (AvgIpc) is 2.45. The Morgan fingerprint density at radius 3 is 2.39 bits per heavy atom. The number of piperidine rings is 1. The number of carbonyl (C=O) groups excluding carboxylic acids is 1. The van der Waals surface area contributed by atoms with E-state index in [0.29, 0.717) is 0 Å². The third kappa shape index (κ3) is 2.96. The molecule has 0 amide bonds. The van der Waals surface area contributed by atoms with Gasteiger partial charge in [-0.1, -0.05) is 33.1 Å². The molecule has 0 aromatic carbocycles. The van der Waals surface area contributed by atoms with E-state index in [-0.39, 0.29) is 5.41 Å². The fraction of sp³-hybridized carbons (Fsp3) is 0.938. The second-order valence-electron chi connectivity index (χ2n) is 6.52. The molecule has 1 saturated heterocycles. The molecular weight excluding hydrogens is 222 g/mol. The first-order valence-electron chi connectivity index (χ1n) is 7.91. The normalized spacial score (nSPS) is 29.9. The van der Waals surface area contributed by atoms with Crippen LogP contribution in [0.25, 0.3) is 0 Å². The molecule has 104 valence electrons. The van der Waals surface area contributed by atoms with Gasteiger partial charge in [0.1, 0.15) is 6.29 Å². The van der Waals surface area contributed by atoms with Gasteiger partial charge in [-0.2, -0.15) is 0 Å². The van der Waals surface area contributed by atoms with Gasteiger partial charge in [0, 0.05) is 18.5 Å². The van der Waals surface area contributed by atoms with Crippen molar-refractivity contribution in [1.82, 2.24) is 4.90 Å². The number of hydrogen-bond donors (Lipinski definition) is 0. The number of rotatable bonds is 5. The lowest BCUT2D eigenvalue weighted by molar-refractivity contribution is -0.118. The van der Waals surface area contributed by atoms with Crippen LogP contribution in [0.2, 0.25) is 0 Å². The molecule has 0 radical (unpaired) electrons. The molecule has 2 atom stereocenters. The SMILES string of the molecule is CCC(C=O)(CC)CN1CCC2CCCCC2C1. The number of likely N-dealkylation sites (tertiary alicyclic amines) is 1. The van der Waals surface area contributed by atoms with E-state index >= 15 is 0 Å². The largest absolute Gasteiger partial charge is 0.303 e. The third-order valence-electron chi connectivity index (χ3n) is 5.57. The summed E-state index contributed by atoms with van der Waals surface area (Å²) in [5.41, 5.74) is -0.0818. The molecule has 2 fully saturated rings. The van der Waals surface area contributed by atoms with E-state index in [9.17, 15) is 4.79 Å². The second-order valence-corrected chi connectivity index (χ2v) is 6.52. The number of carbonyl (C=O) groups is 1. The molecule has 2 unspecified atom stereocenters. The van der Waals surface area contributed by atoms with Gasteiger partial charge in [-0.25, -0.2) is 0 Å². The van der Waals surface area contributed by atoms with Crippen LogP contribution in [0, 0.1) is 17.3 Å². The molecule has 1 aliphatic carbocycles. The maximum atomic E-state index is 11.4. The summed E-state index contributed by atoms with van der Waals surface area (Å²) < 4.78 is 0.